The van der Waals surface area contributed by atoms with Gasteiger partial charge < -0.3 is 14.2 Å². The molecule has 2 aromatic carbocycles. The number of hydrogen-bond donors (Lipinski definition) is 0. The molecule has 2 rings (SSSR count). The lowest BCUT2D eigenvalue weighted by molar-refractivity contribution is -0.128. The fourth-order valence-electron chi connectivity index (χ4n) is 3.49. The van der Waals surface area contributed by atoms with E-state index in [2.05, 4.69) is 13.8 Å². The maximum absolute atomic E-state index is 12.2. The predicted octanol–water partition coefficient (Wildman–Crippen LogP) is 8.03. The van der Waals surface area contributed by atoms with E-state index < -0.39 is 5.97 Å². The first-order valence-corrected chi connectivity index (χ1v) is 13.4. The highest BCUT2D eigenvalue weighted by molar-refractivity contribution is 5.90. The fourth-order valence-corrected chi connectivity index (χ4v) is 3.49. The Balaban J connectivity index is 1.68. The van der Waals surface area contributed by atoms with E-state index in [9.17, 15) is 9.59 Å². The van der Waals surface area contributed by atoms with E-state index in [0.29, 0.717) is 23.8 Å². The van der Waals surface area contributed by atoms with Crippen LogP contribution >= 0.6 is 0 Å². The maximum Gasteiger partial charge on any atom is 0.338 e. The minimum absolute atomic E-state index is 0.324. The van der Waals surface area contributed by atoms with Gasteiger partial charge in [0.15, 0.2) is 0 Å². The molecule has 0 heterocycles. The van der Waals surface area contributed by atoms with Gasteiger partial charge >= 0.3 is 11.9 Å². The topological polar surface area (TPSA) is 61.8 Å². The molecule has 196 valence electrons. The smallest absolute Gasteiger partial charge is 0.338 e. The van der Waals surface area contributed by atoms with Crippen molar-refractivity contribution in [3.63, 3.8) is 0 Å². The normalized spacial score (nSPS) is 11.9. The average molecular weight is 495 g/mol. The first kappa shape index (κ1) is 29.2. The van der Waals surface area contributed by atoms with Crippen molar-refractivity contribution in [1.82, 2.24) is 0 Å². The molecule has 1 unspecified atom stereocenters. The molecule has 0 aromatic heterocycles. The van der Waals surface area contributed by atoms with Crippen molar-refractivity contribution < 1.29 is 23.8 Å². The molecule has 0 saturated carbocycles. The average Bonchev–Trinajstić information content (AvgIpc) is 2.90. The molecule has 0 aliphatic rings. The van der Waals surface area contributed by atoms with E-state index >= 15 is 0 Å². The summed E-state index contributed by atoms with van der Waals surface area (Å²) in [6, 6.07) is 14.0. The molecule has 5 nitrogen and oxygen atoms in total. The second-order valence-corrected chi connectivity index (χ2v) is 9.28. The molecular formula is C31H42O5. The number of carbonyl (C=O) groups excluding carboxylic acids is 2. The summed E-state index contributed by atoms with van der Waals surface area (Å²) in [5, 5.41) is 0. The number of carbonyl (C=O) groups is 2. The Morgan fingerprint density at radius 1 is 0.806 bits per heavy atom. The van der Waals surface area contributed by atoms with E-state index in [4.69, 9.17) is 14.2 Å². The van der Waals surface area contributed by atoms with Gasteiger partial charge in [-0.3, -0.25) is 0 Å². The third-order valence-corrected chi connectivity index (χ3v) is 6.06. The van der Waals surface area contributed by atoms with E-state index in [1.165, 1.54) is 51.0 Å². The Labute approximate surface area is 216 Å². The van der Waals surface area contributed by atoms with Crippen molar-refractivity contribution in [2.45, 2.75) is 78.6 Å². The molecule has 0 N–H and O–H groups in total. The fraction of sp³-hybridized carbons (Fsp3) is 0.484. The molecule has 0 saturated heterocycles. The van der Waals surface area contributed by atoms with Gasteiger partial charge in [0.25, 0.3) is 0 Å². The summed E-state index contributed by atoms with van der Waals surface area (Å²) >= 11 is 0. The minimum atomic E-state index is -0.489. The van der Waals surface area contributed by atoms with Gasteiger partial charge in [-0.05, 0) is 60.4 Å². The van der Waals surface area contributed by atoms with Gasteiger partial charge in [-0.2, -0.15) is 0 Å². The van der Waals surface area contributed by atoms with Gasteiger partial charge in [0, 0.05) is 6.08 Å². The number of esters is 2. The van der Waals surface area contributed by atoms with E-state index in [1.54, 1.807) is 30.3 Å². The standard InChI is InChI=1S/C31H42O5/c1-4-6-7-8-9-10-11-12-23-34-28-18-13-26(14-19-28)15-22-30(32)36-29-20-16-27(17-21-29)31(33)35-24-25(3)5-2/h13-22,25H,4-12,23-24H2,1-3H3/b22-15+. The lowest BCUT2D eigenvalue weighted by atomic mass is 10.1. The summed E-state index contributed by atoms with van der Waals surface area (Å²) in [6.07, 6.45) is 14.3. The molecule has 0 radical (unpaired) electrons. The monoisotopic (exact) mass is 494 g/mol. The third kappa shape index (κ3) is 12.1. The van der Waals surface area contributed by atoms with Crippen LogP contribution in [0.3, 0.4) is 0 Å². The first-order valence-electron chi connectivity index (χ1n) is 13.4. The zero-order valence-electron chi connectivity index (χ0n) is 22.2. The van der Waals surface area contributed by atoms with Gasteiger partial charge in [0.05, 0.1) is 18.8 Å². The van der Waals surface area contributed by atoms with Crippen LogP contribution in [0, 0.1) is 5.92 Å². The van der Waals surface area contributed by atoms with Gasteiger partial charge in [-0.1, -0.05) is 84.3 Å². The van der Waals surface area contributed by atoms with Crippen LogP contribution in [0.2, 0.25) is 0 Å². The van der Waals surface area contributed by atoms with Crippen LogP contribution in [-0.4, -0.2) is 25.2 Å². The molecule has 0 spiro atoms. The van der Waals surface area contributed by atoms with Crippen LogP contribution < -0.4 is 9.47 Å². The quantitative estimate of drug-likeness (QED) is 0.0964. The molecule has 0 fully saturated rings. The van der Waals surface area contributed by atoms with Crippen LogP contribution in [0.1, 0.15) is 94.5 Å². The zero-order valence-corrected chi connectivity index (χ0v) is 22.2. The van der Waals surface area contributed by atoms with Crippen LogP contribution in [-0.2, 0) is 9.53 Å². The SMILES string of the molecule is CCCCCCCCCCOc1ccc(/C=C/C(=O)Oc2ccc(C(=O)OCC(C)CC)cc2)cc1. The molecule has 36 heavy (non-hydrogen) atoms. The van der Waals surface area contributed by atoms with Crippen molar-refractivity contribution in [3.05, 3.63) is 65.7 Å². The van der Waals surface area contributed by atoms with Crippen molar-refractivity contribution >= 4 is 18.0 Å². The van der Waals surface area contributed by atoms with Crippen LogP contribution in [0.4, 0.5) is 0 Å². The number of ether oxygens (including phenoxy) is 3. The van der Waals surface area contributed by atoms with Crippen LogP contribution in [0.5, 0.6) is 11.5 Å². The Morgan fingerprint density at radius 3 is 2.06 bits per heavy atom. The molecule has 2 aromatic rings. The molecule has 0 aliphatic heterocycles. The highest BCUT2D eigenvalue weighted by Gasteiger charge is 2.10. The highest BCUT2D eigenvalue weighted by atomic mass is 16.5. The number of rotatable bonds is 17. The van der Waals surface area contributed by atoms with Gasteiger partial charge in [-0.15, -0.1) is 0 Å². The van der Waals surface area contributed by atoms with Crippen LogP contribution in [0.15, 0.2) is 54.6 Å². The zero-order chi connectivity index (χ0) is 26.0. The molecule has 5 heteroatoms. The second-order valence-electron chi connectivity index (χ2n) is 9.28. The van der Waals surface area contributed by atoms with Crippen molar-refractivity contribution in [2.75, 3.05) is 13.2 Å². The third-order valence-electron chi connectivity index (χ3n) is 6.06. The van der Waals surface area contributed by atoms with Crippen molar-refractivity contribution in [3.8, 4) is 11.5 Å². The van der Waals surface area contributed by atoms with Gasteiger partial charge in [0.1, 0.15) is 11.5 Å². The molecule has 0 aliphatic carbocycles. The van der Waals surface area contributed by atoms with E-state index in [1.807, 2.05) is 31.2 Å². The summed E-state index contributed by atoms with van der Waals surface area (Å²) in [5.41, 5.74) is 1.31. The predicted molar refractivity (Wildman–Crippen MR) is 145 cm³/mol. The number of hydrogen-bond acceptors (Lipinski definition) is 5. The number of benzene rings is 2. The Morgan fingerprint density at radius 2 is 1.42 bits per heavy atom. The second kappa shape index (κ2) is 17.4. The van der Waals surface area contributed by atoms with Crippen molar-refractivity contribution in [1.29, 1.82) is 0 Å². The largest absolute Gasteiger partial charge is 0.494 e. The highest BCUT2D eigenvalue weighted by Crippen LogP contribution is 2.16. The van der Waals surface area contributed by atoms with Gasteiger partial charge in [0.2, 0.25) is 0 Å². The summed E-state index contributed by atoms with van der Waals surface area (Å²) in [6.45, 7) is 7.45. The van der Waals surface area contributed by atoms with Crippen LogP contribution in [0.25, 0.3) is 6.08 Å². The molecule has 0 bridgehead atoms. The maximum atomic E-state index is 12.2. The minimum Gasteiger partial charge on any atom is -0.494 e. The lowest BCUT2D eigenvalue weighted by Crippen LogP contribution is -2.11. The lowest BCUT2D eigenvalue weighted by Gasteiger charge is -2.09. The molecule has 1 atom stereocenters. The van der Waals surface area contributed by atoms with Gasteiger partial charge in [-0.25, -0.2) is 9.59 Å². The first-order chi connectivity index (χ1) is 17.5. The number of unbranched alkanes of at least 4 members (excludes halogenated alkanes) is 7. The summed E-state index contributed by atoms with van der Waals surface area (Å²) in [7, 11) is 0. The van der Waals surface area contributed by atoms with E-state index in [-0.39, 0.29) is 5.97 Å². The Kier molecular flexibility index (Phi) is 14.1. The summed E-state index contributed by atoms with van der Waals surface area (Å²) in [5.74, 6) is 0.660. The summed E-state index contributed by atoms with van der Waals surface area (Å²) in [4.78, 5) is 24.2. The summed E-state index contributed by atoms with van der Waals surface area (Å²) < 4.78 is 16.4. The van der Waals surface area contributed by atoms with Crippen molar-refractivity contribution in [2.24, 2.45) is 5.92 Å². The molecular weight excluding hydrogens is 452 g/mol. The molecule has 0 amide bonds. The Bertz CT molecular complexity index is 915. The van der Waals surface area contributed by atoms with E-state index in [0.717, 1.165) is 30.8 Å². The Hall–Kier alpha value is -3.08.